The molecule has 3 rings (SSSR count). The van der Waals surface area contributed by atoms with Crippen LogP contribution in [0.2, 0.25) is 0 Å². The van der Waals surface area contributed by atoms with Crippen molar-refractivity contribution in [2.45, 2.75) is 6.42 Å². The lowest BCUT2D eigenvalue weighted by Crippen LogP contribution is -2.20. The molecule has 6 nitrogen and oxygen atoms in total. The number of amides is 2. The Morgan fingerprint density at radius 3 is 2.46 bits per heavy atom. The molecule has 0 aliphatic rings. The first-order valence-electron chi connectivity index (χ1n) is 7.24. The zero-order valence-corrected chi connectivity index (χ0v) is 12.6. The van der Waals surface area contributed by atoms with Crippen molar-refractivity contribution in [2.24, 2.45) is 5.73 Å². The fourth-order valence-corrected chi connectivity index (χ4v) is 2.33. The molecule has 24 heavy (non-hydrogen) atoms. The summed E-state index contributed by atoms with van der Waals surface area (Å²) in [4.78, 5) is 35.1. The van der Waals surface area contributed by atoms with E-state index in [0.717, 1.165) is 5.56 Å². The van der Waals surface area contributed by atoms with Gasteiger partial charge >= 0.3 is 5.63 Å². The van der Waals surface area contributed by atoms with Gasteiger partial charge in [0.05, 0.1) is 6.42 Å². The van der Waals surface area contributed by atoms with Crippen LogP contribution in [0.5, 0.6) is 0 Å². The largest absolute Gasteiger partial charge is 0.422 e. The van der Waals surface area contributed by atoms with Gasteiger partial charge in [0, 0.05) is 11.1 Å². The number of primary amides is 1. The lowest BCUT2D eigenvalue weighted by molar-refractivity contribution is -0.117. The van der Waals surface area contributed by atoms with Gasteiger partial charge in [-0.05, 0) is 29.8 Å². The Labute approximate surface area is 136 Å². The lowest BCUT2D eigenvalue weighted by Gasteiger charge is -2.06. The zero-order valence-electron chi connectivity index (χ0n) is 12.6. The maximum Gasteiger partial charge on any atom is 0.349 e. The number of anilines is 1. The molecule has 0 unspecified atom stereocenters. The van der Waals surface area contributed by atoms with Gasteiger partial charge < -0.3 is 15.5 Å². The van der Waals surface area contributed by atoms with Crippen molar-refractivity contribution in [1.29, 1.82) is 0 Å². The van der Waals surface area contributed by atoms with Crippen LogP contribution >= 0.6 is 0 Å². The fraction of sp³-hybridized carbons (Fsp3) is 0.0556. The number of rotatable bonds is 4. The molecule has 0 fully saturated rings. The van der Waals surface area contributed by atoms with E-state index < -0.39 is 17.4 Å². The number of fused-ring (bicyclic) bond motifs is 1. The smallest absolute Gasteiger partial charge is 0.349 e. The third kappa shape index (κ3) is 3.33. The van der Waals surface area contributed by atoms with Gasteiger partial charge in [0.25, 0.3) is 5.91 Å². The molecular formula is C18H14N2O4. The summed E-state index contributed by atoms with van der Waals surface area (Å²) in [6, 6.07) is 15.1. The van der Waals surface area contributed by atoms with Gasteiger partial charge in [-0.3, -0.25) is 9.59 Å². The number of carbonyl (C=O) groups excluding carboxylic acids is 2. The van der Waals surface area contributed by atoms with Crippen molar-refractivity contribution >= 4 is 28.5 Å². The molecule has 1 aromatic heterocycles. The van der Waals surface area contributed by atoms with Gasteiger partial charge in [-0.1, -0.05) is 30.3 Å². The minimum atomic E-state index is -0.698. The number of hydrogen-bond donors (Lipinski definition) is 2. The zero-order chi connectivity index (χ0) is 17.1. The molecule has 120 valence electrons. The molecule has 0 aliphatic carbocycles. The van der Waals surface area contributed by atoms with Crippen molar-refractivity contribution < 1.29 is 14.0 Å². The van der Waals surface area contributed by atoms with Gasteiger partial charge in [-0.2, -0.15) is 0 Å². The van der Waals surface area contributed by atoms with Crippen LogP contribution in [0.4, 0.5) is 5.69 Å². The normalized spacial score (nSPS) is 10.5. The first-order valence-corrected chi connectivity index (χ1v) is 7.24. The van der Waals surface area contributed by atoms with E-state index in [2.05, 4.69) is 5.32 Å². The van der Waals surface area contributed by atoms with Gasteiger partial charge in [0.1, 0.15) is 11.1 Å². The summed E-state index contributed by atoms with van der Waals surface area (Å²) < 4.78 is 5.15. The highest BCUT2D eigenvalue weighted by Gasteiger charge is 2.14. The molecule has 0 aliphatic heterocycles. The first-order chi connectivity index (χ1) is 11.5. The number of nitrogens with one attached hydrogen (secondary N) is 1. The van der Waals surface area contributed by atoms with E-state index in [-0.39, 0.29) is 12.0 Å². The molecular weight excluding hydrogens is 308 g/mol. The van der Waals surface area contributed by atoms with Crippen molar-refractivity contribution in [3.8, 4) is 0 Å². The molecule has 3 aromatic rings. The summed E-state index contributed by atoms with van der Waals surface area (Å²) in [6.45, 7) is 0. The standard InChI is InChI=1S/C18H14N2O4/c19-16(21)9-11-5-7-13(8-6-11)20-17(22)14-10-12-3-1-2-4-15(12)24-18(14)23/h1-8,10H,9H2,(H2,19,21)(H,20,22). The second kappa shape index (κ2) is 6.37. The fourth-order valence-electron chi connectivity index (χ4n) is 2.33. The maximum atomic E-state index is 12.3. The highest BCUT2D eigenvalue weighted by atomic mass is 16.4. The van der Waals surface area contributed by atoms with E-state index >= 15 is 0 Å². The van der Waals surface area contributed by atoms with Crippen molar-refractivity contribution in [2.75, 3.05) is 5.32 Å². The van der Waals surface area contributed by atoms with Crippen LogP contribution in [0.1, 0.15) is 15.9 Å². The molecule has 0 radical (unpaired) electrons. The average molecular weight is 322 g/mol. The lowest BCUT2D eigenvalue weighted by atomic mass is 10.1. The summed E-state index contributed by atoms with van der Waals surface area (Å²) in [5.74, 6) is -0.988. The van der Waals surface area contributed by atoms with Crippen LogP contribution in [0.15, 0.2) is 63.8 Å². The molecule has 2 aromatic carbocycles. The Balaban J connectivity index is 1.83. The second-order valence-corrected chi connectivity index (χ2v) is 5.28. The Hall–Kier alpha value is -3.41. The van der Waals surface area contributed by atoms with Gasteiger partial charge in [-0.15, -0.1) is 0 Å². The summed E-state index contributed by atoms with van der Waals surface area (Å²) >= 11 is 0. The molecule has 2 amide bonds. The van der Waals surface area contributed by atoms with Crippen LogP contribution < -0.4 is 16.7 Å². The van der Waals surface area contributed by atoms with Crippen molar-refractivity contribution in [3.63, 3.8) is 0 Å². The Morgan fingerprint density at radius 1 is 1.04 bits per heavy atom. The predicted molar refractivity (Wildman–Crippen MR) is 89.8 cm³/mol. The molecule has 0 saturated heterocycles. The van der Waals surface area contributed by atoms with E-state index in [9.17, 15) is 14.4 Å². The first kappa shape index (κ1) is 15.5. The van der Waals surface area contributed by atoms with Crippen LogP contribution in [0, 0.1) is 0 Å². The van der Waals surface area contributed by atoms with Gasteiger partial charge in [0.2, 0.25) is 5.91 Å². The Bertz CT molecular complexity index is 974. The predicted octanol–water partition coefficient (Wildman–Crippen LogP) is 2.07. The van der Waals surface area contributed by atoms with Crippen LogP contribution in [0.3, 0.4) is 0 Å². The quantitative estimate of drug-likeness (QED) is 0.718. The summed E-state index contributed by atoms with van der Waals surface area (Å²) in [7, 11) is 0. The average Bonchev–Trinajstić information content (AvgIpc) is 2.55. The minimum Gasteiger partial charge on any atom is -0.422 e. The number of para-hydroxylation sites is 1. The third-order valence-corrected chi connectivity index (χ3v) is 3.48. The van der Waals surface area contributed by atoms with Crippen molar-refractivity contribution in [1.82, 2.24) is 0 Å². The number of nitrogens with two attached hydrogens (primary N) is 1. The van der Waals surface area contributed by atoms with E-state index in [0.29, 0.717) is 16.7 Å². The van der Waals surface area contributed by atoms with E-state index in [1.54, 1.807) is 48.5 Å². The maximum absolute atomic E-state index is 12.3. The highest BCUT2D eigenvalue weighted by Crippen LogP contribution is 2.15. The Kier molecular flexibility index (Phi) is 4.11. The van der Waals surface area contributed by atoms with E-state index in [4.69, 9.17) is 10.2 Å². The van der Waals surface area contributed by atoms with Crippen LogP contribution in [0.25, 0.3) is 11.0 Å². The molecule has 1 heterocycles. The van der Waals surface area contributed by atoms with E-state index in [1.807, 2.05) is 0 Å². The topological polar surface area (TPSA) is 102 Å². The molecule has 0 saturated carbocycles. The monoisotopic (exact) mass is 322 g/mol. The minimum absolute atomic E-state index is 0.0742. The van der Waals surface area contributed by atoms with Crippen LogP contribution in [-0.4, -0.2) is 11.8 Å². The molecule has 0 bridgehead atoms. The van der Waals surface area contributed by atoms with Gasteiger partial charge in [-0.25, -0.2) is 4.79 Å². The summed E-state index contributed by atoms with van der Waals surface area (Å²) in [5, 5.41) is 3.29. The molecule has 0 atom stereocenters. The summed E-state index contributed by atoms with van der Waals surface area (Å²) in [6.07, 6.45) is 0.127. The number of carbonyl (C=O) groups is 2. The Morgan fingerprint density at radius 2 is 1.75 bits per heavy atom. The van der Waals surface area contributed by atoms with Crippen molar-refractivity contribution in [3.05, 3.63) is 76.1 Å². The van der Waals surface area contributed by atoms with E-state index in [1.165, 1.54) is 6.07 Å². The van der Waals surface area contributed by atoms with Crippen LogP contribution in [-0.2, 0) is 11.2 Å². The molecule has 0 spiro atoms. The highest BCUT2D eigenvalue weighted by molar-refractivity contribution is 6.05. The van der Waals surface area contributed by atoms with Gasteiger partial charge in [0.15, 0.2) is 0 Å². The SMILES string of the molecule is NC(=O)Cc1ccc(NC(=O)c2cc3ccccc3oc2=O)cc1. The summed E-state index contributed by atoms with van der Waals surface area (Å²) in [5.41, 5.74) is 6.02. The molecule has 6 heteroatoms. The third-order valence-electron chi connectivity index (χ3n) is 3.48. The number of benzene rings is 2. The molecule has 3 N–H and O–H groups in total. The second-order valence-electron chi connectivity index (χ2n) is 5.28. The number of hydrogen-bond acceptors (Lipinski definition) is 4.